The summed E-state index contributed by atoms with van der Waals surface area (Å²) in [6.07, 6.45) is 2.40. The maximum absolute atomic E-state index is 5.81. The van der Waals surface area contributed by atoms with E-state index in [9.17, 15) is 0 Å². The molecule has 2 heterocycles. The second kappa shape index (κ2) is 6.33. The summed E-state index contributed by atoms with van der Waals surface area (Å²) in [4.78, 5) is 6.60. The highest BCUT2D eigenvalue weighted by molar-refractivity contribution is 5.85. The number of hydrogen-bond acceptors (Lipinski definition) is 5. The zero-order chi connectivity index (χ0) is 11.5. The lowest BCUT2D eigenvalue weighted by Gasteiger charge is -2.37. The number of nitrogens with zero attached hydrogens (tertiary/aromatic N) is 3. The molecule has 17 heavy (non-hydrogen) atoms. The molecule has 1 aliphatic rings. The van der Waals surface area contributed by atoms with Gasteiger partial charge in [0.05, 0.1) is 6.54 Å². The lowest BCUT2D eigenvalue weighted by atomic mass is 9.92. The van der Waals surface area contributed by atoms with Gasteiger partial charge in [0.2, 0.25) is 5.89 Å². The van der Waals surface area contributed by atoms with Crippen LogP contribution in [0.15, 0.2) is 4.52 Å². The van der Waals surface area contributed by atoms with Crippen molar-refractivity contribution in [2.45, 2.75) is 39.3 Å². The van der Waals surface area contributed by atoms with Crippen molar-refractivity contribution in [3.05, 3.63) is 11.7 Å². The van der Waals surface area contributed by atoms with Gasteiger partial charge in [-0.15, -0.1) is 12.4 Å². The molecule has 2 unspecified atom stereocenters. The van der Waals surface area contributed by atoms with E-state index in [1.165, 1.54) is 12.8 Å². The van der Waals surface area contributed by atoms with Crippen molar-refractivity contribution in [2.24, 2.45) is 11.7 Å². The molecule has 1 fully saturated rings. The molecule has 0 amide bonds. The number of nitrogens with two attached hydrogens (primary N) is 1. The molecule has 2 N–H and O–H groups in total. The Morgan fingerprint density at radius 3 is 2.88 bits per heavy atom. The van der Waals surface area contributed by atoms with Crippen LogP contribution in [-0.2, 0) is 6.54 Å². The van der Waals surface area contributed by atoms with Crippen molar-refractivity contribution in [3.63, 3.8) is 0 Å². The summed E-state index contributed by atoms with van der Waals surface area (Å²) < 4.78 is 4.98. The molecule has 98 valence electrons. The predicted molar refractivity (Wildman–Crippen MR) is 67.9 cm³/mol. The van der Waals surface area contributed by atoms with Gasteiger partial charge in [-0.3, -0.25) is 4.90 Å². The first-order valence-corrected chi connectivity index (χ1v) is 5.92. The molecule has 0 saturated carbocycles. The van der Waals surface area contributed by atoms with Gasteiger partial charge >= 0.3 is 0 Å². The summed E-state index contributed by atoms with van der Waals surface area (Å²) in [6, 6.07) is 0.461. The van der Waals surface area contributed by atoms with E-state index in [0.717, 1.165) is 24.8 Å². The third-order valence-electron chi connectivity index (χ3n) is 3.29. The van der Waals surface area contributed by atoms with Crippen molar-refractivity contribution in [3.8, 4) is 0 Å². The molecule has 2 rings (SSSR count). The largest absolute Gasteiger partial charge is 0.340 e. The van der Waals surface area contributed by atoms with Crippen LogP contribution in [-0.4, -0.2) is 34.2 Å². The Bertz CT molecular complexity index is 344. The lowest BCUT2D eigenvalue weighted by molar-refractivity contribution is 0.111. The first kappa shape index (κ1) is 14.4. The van der Waals surface area contributed by atoms with Gasteiger partial charge in [0.1, 0.15) is 0 Å². The van der Waals surface area contributed by atoms with E-state index in [1.807, 2.05) is 6.92 Å². The van der Waals surface area contributed by atoms with Crippen LogP contribution >= 0.6 is 12.4 Å². The maximum Gasteiger partial charge on any atom is 0.223 e. The van der Waals surface area contributed by atoms with E-state index in [4.69, 9.17) is 10.3 Å². The van der Waals surface area contributed by atoms with Crippen LogP contribution in [0.4, 0.5) is 0 Å². The number of likely N-dealkylation sites (tertiary alicyclic amines) is 1. The number of aromatic nitrogens is 2. The highest BCUT2D eigenvalue weighted by Gasteiger charge is 2.26. The highest BCUT2D eigenvalue weighted by atomic mass is 35.5. The molecule has 0 aromatic carbocycles. The number of piperidine rings is 1. The molecule has 5 nitrogen and oxygen atoms in total. The van der Waals surface area contributed by atoms with E-state index in [0.29, 0.717) is 18.5 Å². The van der Waals surface area contributed by atoms with Crippen LogP contribution in [0.3, 0.4) is 0 Å². The summed E-state index contributed by atoms with van der Waals surface area (Å²) in [6.45, 7) is 6.65. The summed E-state index contributed by atoms with van der Waals surface area (Å²) >= 11 is 0. The third kappa shape index (κ3) is 3.66. The minimum Gasteiger partial charge on any atom is -0.340 e. The maximum atomic E-state index is 5.81. The molecular weight excluding hydrogens is 240 g/mol. The van der Waals surface area contributed by atoms with Gasteiger partial charge in [0.15, 0.2) is 5.82 Å². The van der Waals surface area contributed by atoms with Gasteiger partial charge in [0.25, 0.3) is 0 Å². The van der Waals surface area contributed by atoms with Gasteiger partial charge in [-0.2, -0.15) is 4.98 Å². The first-order valence-electron chi connectivity index (χ1n) is 5.92. The molecule has 1 aromatic rings. The van der Waals surface area contributed by atoms with Gasteiger partial charge in [-0.1, -0.05) is 12.1 Å². The van der Waals surface area contributed by atoms with Crippen molar-refractivity contribution in [1.82, 2.24) is 15.0 Å². The van der Waals surface area contributed by atoms with Crippen molar-refractivity contribution in [2.75, 3.05) is 13.1 Å². The molecule has 2 atom stereocenters. The van der Waals surface area contributed by atoms with Gasteiger partial charge in [-0.25, -0.2) is 0 Å². The van der Waals surface area contributed by atoms with Crippen molar-refractivity contribution in [1.29, 1.82) is 0 Å². The van der Waals surface area contributed by atoms with Crippen molar-refractivity contribution < 1.29 is 4.52 Å². The SMILES string of the molecule is Cc1nc(CN2CCC(C)CC2CN)no1.Cl. The van der Waals surface area contributed by atoms with Gasteiger partial charge < -0.3 is 10.3 Å². The van der Waals surface area contributed by atoms with E-state index in [1.54, 1.807) is 0 Å². The fourth-order valence-corrected chi connectivity index (χ4v) is 2.34. The molecule has 6 heteroatoms. The normalized spacial score (nSPS) is 25.6. The summed E-state index contributed by atoms with van der Waals surface area (Å²) in [7, 11) is 0. The quantitative estimate of drug-likeness (QED) is 0.889. The highest BCUT2D eigenvalue weighted by Crippen LogP contribution is 2.22. The Kier molecular flexibility index (Phi) is 5.36. The average Bonchev–Trinajstić information content (AvgIpc) is 2.67. The Balaban J connectivity index is 0.00000144. The van der Waals surface area contributed by atoms with E-state index in [-0.39, 0.29) is 12.4 Å². The predicted octanol–water partition coefficient (Wildman–Crippen LogP) is 1.36. The summed E-state index contributed by atoms with van der Waals surface area (Å²) in [5.41, 5.74) is 5.81. The molecular formula is C11H21ClN4O. The van der Waals surface area contributed by atoms with Crippen LogP contribution in [0.2, 0.25) is 0 Å². The second-order valence-electron chi connectivity index (χ2n) is 4.72. The monoisotopic (exact) mass is 260 g/mol. The number of halogens is 1. The average molecular weight is 261 g/mol. The second-order valence-corrected chi connectivity index (χ2v) is 4.72. The topological polar surface area (TPSA) is 68.2 Å². The Morgan fingerprint density at radius 1 is 1.53 bits per heavy atom. The Morgan fingerprint density at radius 2 is 2.29 bits per heavy atom. The summed E-state index contributed by atoms with van der Waals surface area (Å²) in [5, 5.41) is 3.93. The van der Waals surface area contributed by atoms with Gasteiger partial charge in [-0.05, 0) is 25.3 Å². The van der Waals surface area contributed by atoms with Crippen LogP contribution in [0.1, 0.15) is 31.5 Å². The minimum atomic E-state index is 0. The van der Waals surface area contributed by atoms with Gasteiger partial charge in [0, 0.05) is 19.5 Å². The van der Waals surface area contributed by atoms with Crippen LogP contribution in [0.5, 0.6) is 0 Å². The third-order valence-corrected chi connectivity index (χ3v) is 3.29. The number of hydrogen-bond donors (Lipinski definition) is 1. The summed E-state index contributed by atoms with van der Waals surface area (Å²) in [5.74, 6) is 2.17. The molecule has 1 aromatic heterocycles. The smallest absolute Gasteiger partial charge is 0.223 e. The molecule has 0 bridgehead atoms. The molecule has 1 saturated heterocycles. The van der Waals surface area contributed by atoms with Crippen molar-refractivity contribution >= 4 is 12.4 Å². The molecule has 0 spiro atoms. The molecule has 0 radical (unpaired) electrons. The first-order chi connectivity index (χ1) is 7.69. The van der Waals surface area contributed by atoms with E-state index >= 15 is 0 Å². The fraction of sp³-hybridized carbons (Fsp3) is 0.818. The Hall–Kier alpha value is -0.650. The zero-order valence-electron chi connectivity index (χ0n) is 10.4. The molecule has 0 aliphatic carbocycles. The van der Waals surface area contributed by atoms with E-state index < -0.39 is 0 Å². The van der Waals surface area contributed by atoms with Crippen LogP contribution in [0.25, 0.3) is 0 Å². The van der Waals surface area contributed by atoms with E-state index in [2.05, 4.69) is 22.0 Å². The zero-order valence-corrected chi connectivity index (χ0v) is 11.2. The molecule has 1 aliphatic heterocycles. The fourth-order valence-electron chi connectivity index (χ4n) is 2.34. The van der Waals surface area contributed by atoms with Crippen LogP contribution < -0.4 is 5.73 Å². The number of rotatable bonds is 3. The minimum absolute atomic E-state index is 0. The lowest BCUT2D eigenvalue weighted by Crippen LogP contribution is -2.45. The van der Waals surface area contributed by atoms with Crippen LogP contribution in [0, 0.1) is 12.8 Å². The standard InChI is InChI=1S/C11H20N4O.ClH/c1-8-3-4-15(10(5-8)6-12)7-11-13-9(2)16-14-11;/h8,10H,3-7,12H2,1-2H3;1H. The Labute approximate surface area is 108 Å². The number of aryl methyl sites for hydroxylation is 1.